The highest BCUT2D eigenvalue weighted by Crippen LogP contribution is 2.37. The van der Waals surface area contributed by atoms with Crippen LogP contribution in [0.3, 0.4) is 0 Å². The maximum absolute atomic E-state index is 12.9. The first-order chi connectivity index (χ1) is 11.3. The normalized spacial score (nSPS) is 22.2. The molecular weight excluding hydrogens is 308 g/mol. The Morgan fingerprint density at radius 2 is 2.00 bits per heavy atom. The van der Waals surface area contributed by atoms with E-state index in [2.05, 4.69) is 22.8 Å². The number of morpholine rings is 1. The van der Waals surface area contributed by atoms with Crippen molar-refractivity contribution in [2.75, 3.05) is 39.4 Å². The number of fused-ring (bicyclic) bond motifs is 1. The summed E-state index contributed by atoms with van der Waals surface area (Å²) in [6.07, 6.45) is 3.41. The van der Waals surface area contributed by atoms with Crippen molar-refractivity contribution in [2.24, 2.45) is 0 Å². The number of benzene rings is 1. The van der Waals surface area contributed by atoms with Gasteiger partial charge in [0.15, 0.2) is 0 Å². The van der Waals surface area contributed by atoms with Crippen molar-refractivity contribution >= 4 is 17.7 Å². The summed E-state index contributed by atoms with van der Waals surface area (Å²) in [5.41, 5.74) is 0.868. The number of carbonyl (C=O) groups excluding carboxylic acids is 1. The minimum Gasteiger partial charge on any atom is -0.379 e. The molecular formula is C18H26N2O2S. The standard InChI is InChI=1S/C18H26N2O2S/c1-2-3-8-17-20(10-9-19-11-13-22-14-12-19)18(21)15-6-4-5-7-16(15)23-17/h4-7,17H,2-3,8-14H2,1H3. The highest BCUT2D eigenvalue weighted by atomic mass is 32.2. The third-order valence-electron chi connectivity index (χ3n) is 4.55. The van der Waals surface area contributed by atoms with Crippen LogP contribution in [0.25, 0.3) is 0 Å². The van der Waals surface area contributed by atoms with E-state index >= 15 is 0 Å². The van der Waals surface area contributed by atoms with Crippen LogP contribution in [-0.4, -0.2) is 60.5 Å². The molecule has 2 heterocycles. The fourth-order valence-corrected chi connectivity index (χ4v) is 4.50. The summed E-state index contributed by atoms with van der Waals surface area (Å²) in [6, 6.07) is 8.03. The zero-order valence-electron chi connectivity index (χ0n) is 13.9. The Kier molecular flexibility index (Phi) is 5.97. The van der Waals surface area contributed by atoms with Gasteiger partial charge in [0.2, 0.25) is 0 Å². The Balaban J connectivity index is 1.70. The van der Waals surface area contributed by atoms with E-state index in [1.165, 1.54) is 12.8 Å². The van der Waals surface area contributed by atoms with Crippen LogP contribution in [0.5, 0.6) is 0 Å². The number of hydrogen-bond donors (Lipinski definition) is 0. The largest absolute Gasteiger partial charge is 0.379 e. The van der Waals surface area contributed by atoms with E-state index in [1.807, 2.05) is 30.0 Å². The molecule has 1 unspecified atom stereocenters. The zero-order chi connectivity index (χ0) is 16.1. The van der Waals surface area contributed by atoms with Crippen molar-refractivity contribution in [3.63, 3.8) is 0 Å². The van der Waals surface area contributed by atoms with Gasteiger partial charge in [-0.2, -0.15) is 0 Å². The van der Waals surface area contributed by atoms with Gasteiger partial charge in [0, 0.05) is 31.1 Å². The summed E-state index contributed by atoms with van der Waals surface area (Å²) in [7, 11) is 0. The van der Waals surface area contributed by atoms with Gasteiger partial charge in [-0.15, -0.1) is 11.8 Å². The number of unbranched alkanes of at least 4 members (excludes halogenated alkanes) is 1. The second-order valence-corrected chi connectivity index (χ2v) is 7.38. The molecule has 23 heavy (non-hydrogen) atoms. The molecule has 0 aliphatic carbocycles. The maximum atomic E-state index is 12.9. The van der Waals surface area contributed by atoms with E-state index in [9.17, 15) is 4.79 Å². The van der Waals surface area contributed by atoms with E-state index in [4.69, 9.17) is 4.74 Å². The van der Waals surface area contributed by atoms with Crippen molar-refractivity contribution in [3.05, 3.63) is 29.8 Å². The molecule has 0 aromatic heterocycles. The minimum absolute atomic E-state index is 0.203. The number of ether oxygens (including phenoxy) is 1. The highest BCUT2D eigenvalue weighted by Gasteiger charge is 2.32. The SMILES string of the molecule is CCCCC1Sc2ccccc2C(=O)N1CCN1CCOCC1. The summed E-state index contributed by atoms with van der Waals surface area (Å²) in [5, 5.41) is 0.276. The maximum Gasteiger partial charge on any atom is 0.255 e. The molecule has 3 rings (SSSR count). The van der Waals surface area contributed by atoms with Crippen LogP contribution in [0, 0.1) is 0 Å². The summed E-state index contributed by atoms with van der Waals surface area (Å²) >= 11 is 1.86. The number of amides is 1. The van der Waals surface area contributed by atoms with E-state index in [-0.39, 0.29) is 11.3 Å². The van der Waals surface area contributed by atoms with Crippen LogP contribution in [0.4, 0.5) is 0 Å². The molecule has 2 aliphatic rings. The molecule has 1 fully saturated rings. The second-order valence-electron chi connectivity index (χ2n) is 6.16. The number of nitrogens with zero attached hydrogens (tertiary/aromatic N) is 2. The van der Waals surface area contributed by atoms with E-state index in [0.717, 1.165) is 56.3 Å². The molecule has 1 amide bonds. The predicted molar refractivity (Wildman–Crippen MR) is 93.9 cm³/mol. The molecule has 0 saturated carbocycles. The van der Waals surface area contributed by atoms with Gasteiger partial charge < -0.3 is 9.64 Å². The van der Waals surface area contributed by atoms with E-state index in [1.54, 1.807) is 0 Å². The monoisotopic (exact) mass is 334 g/mol. The molecule has 126 valence electrons. The molecule has 1 aromatic carbocycles. The number of thioether (sulfide) groups is 1. The number of carbonyl (C=O) groups is 1. The summed E-state index contributed by atoms with van der Waals surface area (Å²) in [5.74, 6) is 0.203. The van der Waals surface area contributed by atoms with E-state index < -0.39 is 0 Å². The molecule has 5 heteroatoms. The third kappa shape index (κ3) is 4.08. The third-order valence-corrected chi connectivity index (χ3v) is 5.93. The average molecular weight is 334 g/mol. The van der Waals surface area contributed by atoms with Crippen LogP contribution < -0.4 is 0 Å². The van der Waals surface area contributed by atoms with Crippen molar-refractivity contribution in [1.29, 1.82) is 0 Å². The topological polar surface area (TPSA) is 32.8 Å². The van der Waals surface area contributed by atoms with Crippen LogP contribution in [0.1, 0.15) is 36.5 Å². The van der Waals surface area contributed by atoms with E-state index in [0.29, 0.717) is 0 Å². The molecule has 4 nitrogen and oxygen atoms in total. The molecule has 0 bridgehead atoms. The molecule has 0 radical (unpaired) electrons. The summed E-state index contributed by atoms with van der Waals surface area (Å²) in [4.78, 5) is 18.6. The lowest BCUT2D eigenvalue weighted by Gasteiger charge is -2.38. The van der Waals surface area contributed by atoms with Gasteiger partial charge in [-0.3, -0.25) is 9.69 Å². The lowest BCUT2D eigenvalue weighted by atomic mass is 10.1. The van der Waals surface area contributed by atoms with Crippen LogP contribution in [0.15, 0.2) is 29.2 Å². The fraction of sp³-hybridized carbons (Fsp3) is 0.611. The summed E-state index contributed by atoms with van der Waals surface area (Å²) < 4.78 is 5.41. The molecule has 1 saturated heterocycles. The first-order valence-electron chi connectivity index (χ1n) is 8.66. The van der Waals surface area contributed by atoms with Crippen molar-refractivity contribution in [2.45, 2.75) is 36.5 Å². The quantitative estimate of drug-likeness (QED) is 0.800. The fourth-order valence-electron chi connectivity index (χ4n) is 3.15. The molecule has 1 aromatic rings. The second kappa shape index (κ2) is 8.18. The van der Waals surface area contributed by atoms with Gasteiger partial charge in [-0.25, -0.2) is 0 Å². The molecule has 0 N–H and O–H groups in total. The Morgan fingerprint density at radius 3 is 2.78 bits per heavy atom. The Hall–Kier alpha value is -1.04. The van der Waals surface area contributed by atoms with Crippen molar-refractivity contribution in [3.8, 4) is 0 Å². The lowest BCUT2D eigenvalue weighted by molar-refractivity contribution is 0.0314. The molecule has 0 spiro atoms. The zero-order valence-corrected chi connectivity index (χ0v) is 14.7. The van der Waals surface area contributed by atoms with Gasteiger partial charge in [0.05, 0.1) is 24.2 Å². The number of rotatable bonds is 6. The summed E-state index contributed by atoms with van der Waals surface area (Å²) in [6.45, 7) is 7.54. The first kappa shape index (κ1) is 16.8. The van der Waals surface area contributed by atoms with Gasteiger partial charge >= 0.3 is 0 Å². The smallest absolute Gasteiger partial charge is 0.255 e. The Morgan fingerprint density at radius 1 is 1.22 bits per heavy atom. The van der Waals surface area contributed by atoms with Crippen LogP contribution in [0.2, 0.25) is 0 Å². The Labute approximate surface area is 143 Å². The first-order valence-corrected chi connectivity index (χ1v) is 9.54. The van der Waals surface area contributed by atoms with Crippen LogP contribution >= 0.6 is 11.8 Å². The lowest BCUT2D eigenvalue weighted by Crippen LogP contribution is -2.47. The Bertz CT molecular complexity index is 532. The minimum atomic E-state index is 0.203. The highest BCUT2D eigenvalue weighted by molar-refractivity contribution is 8.00. The van der Waals surface area contributed by atoms with Crippen molar-refractivity contribution < 1.29 is 9.53 Å². The average Bonchev–Trinajstić information content (AvgIpc) is 2.60. The molecule has 2 aliphatic heterocycles. The van der Waals surface area contributed by atoms with Gasteiger partial charge in [0.1, 0.15) is 0 Å². The van der Waals surface area contributed by atoms with Gasteiger partial charge in [-0.05, 0) is 18.6 Å². The van der Waals surface area contributed by atoms with Crippen molar-refractivity contribution in [1.82, 2.24) is 9.80 Å². The van der Waals surface area contributed by atoms with Gasteiger partial charge in [0.25, 0.3) is 5.91 Å². The molecule has 1 atom stereocenters. The van der Waals surface area contributed by atoms with Gasteiger partial charge in [-0.1, -0.05) is 31.9 Å². The number of hydrogen-bond acceptors (Lipinski definition) is 4. The van der Waals surface area contributed by atoms with Crippen LogP contribution in [-0.2, 0) is 4.74 Å². The predicted octanol–water partition coefficient (Wildman–Crippen LogP) is 3.08.